The lowest BCUT2D eigenvalue weighted by Gasteiger charge is -2.32. The summed E-state index contributed by atoms with van der Waals surface area (Å²) >= 11 is 1.88. The van der Waals surface area contributed by atoms with E-state index in [1.807, 2.05) is 11.3 Å². The number of anilines is 3. The molecule has 12 aromatic rings. The summed E-state index contributed by atoms with van der Waals surface area (Å²) in [6.45, 7) is 0. The maximum absolute atomic E-state index is 2.51. The van der Waals surface area contributed by atoms with E-state index in [-0.39, 0.29) is 0 Å². The van der Waals surface area contributed by atoms with Crippen molar-refractivity contribution in [1.82, 2.24) is 0 Å². The van der Waals surface area contributed by atoms with E-state index in [1.54, 1.807) is 0 Å². The first-order valence-corrected chi connectivity index (χ1v) is 24.7. The summed E-state index contributed by atoms with van der Waals surface area (Å²) in [5.74, 6) is 0. The molecule has 1 aromatic heterocycles. The van der Waals surface area contributed by atoms with Crippen molar-refractivity contribution in [2.75, 3.05) is 4.90 Å². The highest BCUT2D eigenvalue weighted by Crippen LogP contribution is 2.63. The van der Waals surface area contributed by atoms with Crippen LogP contribution < -0.4 is 4.90 Å². The van der Waals surface area contributed by atoms with Crippen LogP contribution >= 0.6 is 11.3 Å². The molecule has 0 radical (unpaired) electrons. The second-order valence-corrected chi connectivity index (χ2v) is 19.3. The van der Waals surface area contributed by atoms with Gasteiger partial charge in [-0.1, -0.05) is 224 Å². The minimum Gasteiger partial charge on any atom is -0.310 e. The highest BCUT2D eigenvalue weighted by atomic mass is 32.1. The van der Waals surface area contributed by atoms with Gasteiger partial charge in [0.05, 0.1) is 11.1 Å². The zero-order valence-corrected chi connectivity index (χ0v) is 38.5. The Hall–Kier alpha value is -8.56. The fourth-order valence-electron chi connectivity index (χ4n) is 11.9. The lowest BCUT2D eigenvalue weighted by atomic mass is 9.70. The predicted molar refractivity (Wildman–Crippen MR) is 292 cm³/mol. The minimum atomic E-state index is -0.426. The van der Waals surface area contributed by atoms with E-state index >= 15 is 0 Å². The number of benzene rings is 11. The van der Waals surface area contributed by atoms with Gasteiger partial charge in [0.25, 0.3) is 0 Å². The molecule has 0 atom stereocenters. The molecule has 0 bridgehead atoms. The van der Waals surface area contributed by atoms with E-state index in [1.165, 1.54) is 109 Å². The zero-order valence-electron chi connectivity index (χ0n) is 37.7. The third-order valence-corrected chi connectivity index (χ3v) is 15.9. The lowest BCUT2D eigenvalue weighted by Crippen LogP contribution is -2.25. The van der Waals surface area contributed by atoms with Crippen LogP contribution in [0.25, 0.3) is 86.9 Å². The van der Waals surface area contributed by atoms with Gasteiger partial charge >= 0.3 is 0 Å². The van der Waals surface area contributed by atoms with Crippen LogP contribution in [0.15, 0.2) is 261 Å². The average molecular weight is 894 g/mol. The van der Waals surface area contributed by atoms with Crippen molar-refractivity contribution in [1.29, 1.82) is 0 Å². The Morgan fingerprint density at radius 1 is 0.290 bits per heavy atom. The summed E-state index contributed by atoms with van der Waals surface area (Å²) in [7, 11) is 0. The fraction of sp³-hybridized carbons (Fsp3) is 0.0149. The van der Waals surface area contributed by atoms with Crippen molar-refractivity contribution in [3.8, 4) is 66.8 Å². The zero-order chi connectivity index (χ0) is 45.5. The van der Waals surface area contributed by atoms with Gasteiger partial charge in [-0.25, -0.2) is 0 Å². The lowest BCUT2D eigenvalue weighted by molar-refractivity contribution is 0.794. The Kier molecular flexibility index (Phi) is 9.05. The SMILES string of the molecule is c1ccc(-c2ccccc2-c2c(-c3ccccc3)cccc2N(c2ccc(-c3cccc4c3sc3ccccc34)cc2)c2ccc3c(c2)-c2ccccc2C32c3ccccc3-c3ccccc32)cc1. The molecule has 69 heavy (non-hydrogen) atoms. The first-order chi connectivity index (χ1) is 34.3. The number of fused-ring (bicyclic) bond motifs is 13. The number of thiophene rings is 1. The summed E-state index contributed by atoms with van der Waals surface area (Å²) in [6.07, 6.45) is 0. The van der Waals surface area contributed by atoms with Gasteiger partial charge in [0.15, 0.2) is 0 Å². The van der Waals surface area contributed by atoms with Crippen molar-refractivity contribution in [2.45, 2.75) is 5.41 Å². The molecule has 1 spiro atoms. The van der Waals surface area contributed by atoms with Crippen LogP contribution in [-0.4, -0.2) is 0 Å². The van der Waals surface area contributed by atoms with E-state index < -0.39 is 5.41 Å². The average Bonchev–Trinajstić information content (AvgIpc) is 4.06. The van der Waals surface area contributed by atoms with Crippen molar-refractivity contribution in [3.63, 3.8) is 0 Å². The predicted octanol–water partition coefficient (Wildman–Crippen LogP) is 18.5. The molecule has 11 aromatic carbocycles. The fourth-order valence-corrected chi connectivity index (χ4v) is 13.1. The molecule has 0 aliphatic heterocycles. The van der Waals surface area contributed by atoms with Crippen molar-refractivity contribution in [2.24, 2.45) is 0 Å². The van der Waals surface area contributed by atoms with Crippen LogP contribution in [0.2, 0.25) is 0 Å². The Morgan fingerprint density at radius 3 is 1.43 bits per heavy atom. The highest BCUT2D eigenvalue weighted by Gasteiger charge is 2.51. The van der Waals surface area contributed by atoms with E-state index in [0.29, 0.717) is 0 Å². The summed E-state index contributed by atoms with van der Waals surface area (Å²) in [4.78, 5) is 2.51. The molecule has 0 saturated carbocycles. The van der Waals surface area contributed by atoms with Crippen LogP contribution in [-0.2, 0) is 5.41 Å². The van der Waals surface area contributed by atoms with Crippen LogP contribution in [0.1, 0.15) is 22.3 Å². The summed E-state index contributed by atoms with van der Waals surface area (Å²) in [6, 6.07) is 96.8. The Balaban J connectivity index is 1.03. The molecular formula is C67H43NS. The Bertz CT molecular complexity index is 3910. The monoisotopic (exact) mass is 893 g/mol. The van der Waals surface area contributed by atoms with Gasteiger partial charge in [0.2, 0.25) is 0 Å². The molecule has 1 nitrogen and oxygen atoms in total. The third kappa shape index (κ3) is 5.96. The van der Waals surface area contributed by atoms with E-state index in [9.17, 15) is 0 Å². The molecule has 2 heteroatoms. The number of rotatable bonds is 7. The standard InChI is InChI=1S/C67H43NS/c1-3-19-44(20-4-1)49-23-7-8-28-56(49)65-50(45-21-5-2-6-22-45)29-18-35-63(65)68(47-39-37-46(38-40-47)51-30-17-31-57-55-27-12-16-36-64(55)69-66(51)57)48-41-42-62-58(43-48)54-26-11-15-34-61(54)67(62)59-32-13-9-24-52(59)53-25-10-14-33-60(53)67/h1-43H. The van der Waals surface area contributed by atoms with Crippen molar-refractivity contribution >= 4 is 48.6 Å². The van der Waals surface area contributed by atoms with E-state index in [0.717, 1.165) is 17.1 Å². The number of hydrogen-bond acceptors (Lipinski definition) is 2. The van der Waals surface area contributed by atoms with Gasteiger partial charge < -0.3 is 4.90 Å². The molecule has 0 saturated heterocycles. The minimum absolute atomic E-state index is 0.426. The van der Waals surface area contributed by atoms with Crippen LogP contribution in [0, 0.1) is 0 Å². The molecule has 322 valence electrons. The maximum Gasteiger partial charge on any atom is 0.0725 e. The van der Waals surface area contributed by atoms with Crippen LogP contribution in [0.5, 0.6) is 0 Å². The highest BCUT2D eigenvalue weighted by molar-refractivity contribution is 7.26. The molecule has 2 aliphatic rings. The molecule has 1 heterocycles. The topological polar surface area (TPSA) is 3.24 Å². The van der Waals surface area contributed by atoms with E-state index in [2.05, 4.69) is 266 Å². The van der Waals surface area contributed by atoms with Crippen molar-refractivity contribution in [3.05, 3.63) is 283 Å². The Morgan fingerprint density at radius 2 is 0.754 bits per heavy atom. The first kappa shape index (κ1) is 39.6. The largest absolute Gasteiger partial charge is 0.310 e. The quantitative estimate of drug-likeness (QED) is 0.154. The molecule has 0 unspecified atom stereocenters. The van der Waals surface area contributed by atoms with E-state index in [4.69, 9.17) is 0 Å². The van der Waals surface area contributed by atoms with Gasteiger partial charge in [-0.3, -0.25) is 0 Å². The summed E-state index contributed by atoms with van der Waals surface area (Å²) < 4.78 is 2.63. The molecule has 0 fully saturated rings. The van der Waals surface area contributed by atoms with Gasteiger partial charge in [-0.2, -0.15) is 0 Å². The van der Waals surface area contributed by atoms with Crippen LogP contribution in [0.3, 0.4) is 0 Å². The molecule has 14 rings (SSSR count). The molecular weight excluding hydrogens is 851 g/mol. The van der Waals surface area contributed by atoms with Crippen molar-refractivity contribution < 1.29 is 0 Å². The second-order valence-electron chi connectivity index (χ2n) is 18.3. The Labute approximate surface area is 406 Å². The van der Waals surface area contributed by atoms with Gasteiger partial charge in [0.1, 0.15) is 0 Å². The van der Waals surface area contributed by atoms with Gasteiger partial charge in [0, 0.05) is 37.1 Å². The summed E-state index contributed by atoms with van der Waals surface area (Å²) in [5.41, 5.74) is 22.9. The third-order valence-electron chi connectivity index (χ3n) is 14.7. The van der Waals surface area contributed by atoms with Crippen LogP contribution in [0.4, 0.5) is 17.1 Å². The van der Waals surface area contributed by atoms with Gasteiger partial charge in [-0.15, -0.1) is 11.3 Å². The second kappa shape index (κ2) is 15.8. The smallest absolute Gasteiger partial charge is 0.0725 e. The first-order valence-electron chi connectivity index (χ1n) is 23.8. The maximum atomic E-state index is 2.51. The summed E-state index contributed by atoms with van der Waals surface area (Å²) in [5, 5.41) is 2.62. The number of nitrogens with zero attached hydrogens (tertiary/aromatic N) is 1. The number of hydrogen-bond donors (Lipinski definition) is 0. The normalized spacial score (nSPS) is 12.8. The van der Waals surface area contributed by atoms with Gasteiger partial charge in [-0.05, 0) is 120 Å². The molecule has 0 N–H and O–H groups in total. The molecule has 0 amide bonds. The molecule has 2 aliphatic carbocycles.